The molecule has 0 saturated heterocycles. The van der Waals surface area contributed by atoms with Gasteiger partial charge in [0.1, 0.15) is 17.1 Å². The Morgan fingerprint density at radius 1 is 1.11 bits per heavy atom. The number of hydrogen-bond donors (Lipinski definition) is 1. The molecular weight excluding hydrogens is 346 g/mol. The first-order valence-electron chi connectivity index (χ1n) is 8.69. The third kappa shape index (κ3) is 4.47. The van der Waals surface area contributed by atoms with Gasteiger partial charge in [0.15, 0.2) is 6.61 Å². The highest BCUT2D eigenvalue weighted by Gasteiger charge is 2.09. The molecule has 27 heavy (non-hydrogen) atoms. The summed E-state index contributed by atoms with van der Waals surface area (Å²) in [5, 5.41) is 3.66. The first kappa shape index (κ1) is 18.5. The zero-order valence-corrected chi connectivity index (χ0v) is 15.3. The number of benzene rings is 2. The molecule has 0 unspecified atom stereocenters. The van der Waals surface area contributed by atoms with Gasteiger partial charge in [-0.05, 0) is 30.2 Å². The Bertz CT molecular complexity index is 1010. The van der Waals surface area contributed by atoms with Gasteiger partial charge in [-0.1, -0.05) is 25.1 Å². The van der Waals surface area contributed by atoms with Crippen molar-refractivity contribution < 1.29 is 18.7 Å². The predicted molar refractivity (Wildman–Crippen MR) is 102 cm³/mol. The molecule has 1 aromatic heterocycles. The lowest BCUT2D eigenvalue weighted by Gasteiger charge is -2.11. The van der Waals surface area contributed by atoms with Crippen molar-refractivity contribution in [3.8, 4) is 11.5 Å². The first-order valence-corrected chi connectivity index (χ1v) is 8.69. The lowest BCUT2D eigenvalue weighted by Crippen LogP contribution is -2.28. The Morgan fingerprint density at radius 3 is 2.70 bits per heavy atom. The number of para-hydroxylation sites is 1. The van der Waals surface area contributed by atoms with Crippen LogP contribution in [0.5, 0.6) is 11.5 Å². The van der Waals surface area contributed by atoms with Gasteiger partial charge in [0.05, 0.1) is 7.11 Å². The summed E-state index contributed by atoms with van der Waals surface area (Å²) in [5.41, 5.74) is 1.85. The van der Waals surface area contributed by atoms with E-state index in [1.165, 1.54) is 6.07 Å². The number of carbonyl (C=O) groups is 1. The number of aryl methyl sites for hydroxylation is 1. The molecule has 2 aromatic carbocycles. The van der Waals surface area contributed by atoms with Crippen LogP contribution in [-0.4, -0.2) is 19.6 Å². The smallest absolute Gasteiger partial charge is 0.336 e. The van der Waals surface area contributed by atoms with Gasteiger partial charge in [-0.2, -0.15) is 0 Å². The van der Waals surface area contributed by atoms with Gasteiger partial charge in [-0.15, -0.1) is 0 Å². The number of amides is 1. The molecule has 0 fully saturated rings. The number of hydrogen-bond acceptors (Lipinski definition) is 5. The molecule has 0 atom stereocenters. The van der Waals surface area contributed by atoms with Crippen LogP contribution < -0.4 is 20.4 Å². The van der Waals surface area contributed by atoms with Crippen LogP contribution >= 0.6 is 0 Å². The Morgan fingerprint density at radius 2 is 1.93 bits per heavy atom. The van der Waals surface area contributed by atoms with Crippen LogP contribution in [0.15, 0.2) is 57.7 Å². The van der Waals surface area contributed by atoms with E-state index in [1.807, 2.05) is 37.3 Å². The summed E-state index contributed by atoms with van der Waals surface area (Å²) in [6.07, 6.45) is 0.730. The van der Waals surface area contributed by atoms with Crippen molar-refractivity contribution in [1.29, 1.82) is 0 Å². The minimum Gasteiger partial charge on any atom is -0.496 e. The van der Waals surface area contributed by atoms with E-state index in [2.05, 4.69) is 5.32 Å². The van der Waals surface area contributed by atoms with Crippen molar-refractivity contribution >= 4 is 16.9 Å². The van der Waals surface area contributed by atoms with E-state index in [1.54, 1.807) is 19.2 Å². The van der Waals surface area contributed by atoms with Crippen molar-refractivity contribution in [1.82, 2.24) is 5.32 Å². The third-order valence-corrected chi connectivity index (χ3v) is 4.22. The molecule has 3 rings (SSSR count). The molecule has 140 valence electrons. The Balaban J connectivity index is 1.62. The lowest BCUT2D eigenvalue weighted by molar-refractivity contribution is -0.123. The predicted octanol–water partition coefficient (Wildman–Crippen LogP) is 3.06. The van der Waals surface area contributed by atoms with Gasteiger partial charge in [-0.25, -0.2) is 4.79 Å². The maximum atomic E-state index is 12.1. The molecule has 1 heterocycles. The Labute approximate surface area is 156 Å². The van der Waals surface area contributed by atoms with Crippen molar-refractivity contribution in [3.63, 3.8) is 0 Å². The van der Waals surface area contributed by atoms with Crippen LogP contribution in [0.1, 0.15) is 18.1 Å². The summed E-state index contributed by atoms with van der Waals surface area (Å²) >= 11 is 0. The second-order valence-electron chi connectivity index (χ2n) is 5.98. The molecule has 0 aliphatic rings. The Hall–Kier alpha value is -3.28. The summed E-state index contributed by atoms with van der Waals surface area (Å²) in [7, 11) is 1.59. The zero-order chi connectivity index (χ0) is 19.2. The average Bonchev–Trinajstić information content (AvgIpc) is 2.69. The average molecular weight is 367 g/mol. The molecule has 0 aliphatic heterocycles. The summed E-state index contributed by atoms with van der Waals surface area (Å²) < 4.78 is 16.0. The highest BCUT2D eigenvalue weighted by molar-refractivity contribution is 5.82. The monoisotopic (exact) mass is 367 g/mol. The quantitative estimate of drug-likeness (QED) is 0.650. The largest absolute Gasteiger partial charge is 0.496 e. The van der Waals surface area contributed by atoms with Crippen LogP contribution in [-0.2, 0) is 17.8 Å². The fourth-order valence-corrected chi connectivity index (χ4v) is 2.84. The van der Waals surface area contributed by atoms with Crippen LogP contribution in [0.25, 0.3) is 11.0 Å². The molecule has 1 N–H and O–H groups in total. The molecule has 0 radical (unpaired) electrons. The number of fused-ring (bicyclic) bond motifs is 1. The number of nitrogens with one attached hydrogen (secondary N) is 1. The minimum absolute atomic E-state index is 0.141. The molecule has 3 aromatic rings. The van der Waals surface area contributed by atoms with E-state index in [0.717, 1.165) is 28.7 Å². The van der Waals surface area contributed by atoms with Gasteiger partial charge >= 0.3 is 5.63 Å². The Kier molecular flexibility index (Phi) is 5.76. The van der Waals surface area contributed by atoms with Crippen LogP contribution in [0.3, 0.4) is 0 Å². The van der Waals surface area contributed by atoms with E-state index >= 15 is 0 Å². The van der Waals surface area contributed by atoms with Crippen LogP contribution in [0, 0.1) is 0 Å². The van der Waals surface area contributed by atoms with Gasteiger partial charge in [-0.3, -0.25) is 4.79 Å². The molecule has 6 nitrogen and oxygen atoms in total. The summed E-state index contributed by atoms with van der Waals surface area (Å²) in [6, 6.07) is 14.2. The van der Waals surface area contributed by atoms with E-state index in [0.29, 0.717) is 17.9 Å². The van der Waals surface area contributed by atoms with Crippen LogP contribution in [0.4, 0.5) is 0 Å². The van der Waals surface area contributed by atoms with Gasteiger partial charge in [0.2, 0.25) is 0 Å². The summed E-state index contributed by atoms with van der Waals surface area (Å²) in [5.74, 6) is 0.922. The van der Waals surface area contributed by atoms with Gasteiger partial charge < -0.3 is 19.2 Å². The second kappa shape index (κ2) is 8.40. The summed E-state index contributed by atoms with van der Waals surface area (Å²) in [6.45, 7) is 2.18. The van der Waals surface area contributed by atoms with Crippen molar-refractivity contribution in [2.45, 2.75) is 19.9 Å². The second-order valence-corrected chi connectivity index (χ2v) is 5.98. The fraction of sp³-hybridized carbons (Fsp3) is 0.238. The highest BCUT2D eigenvalue weighted by Crippen LogP contribution is 2.23. The molecule has 0 spiro atoms. The standard InChI is InChI=1S/C21H21NO5/c1-3-14-10-21(24)27-19-11-16(8-9-17(14)19)26-13-20(23)22-12-15-6-4-5-7-18(15)25-2/h4-11H,3,12-13H2,1-2H3,(H,22,23). The number of ether oxygens (including phenoxy) is 2. The fourth-order valence-electron chi connectivity index (χ4n) is 2.84. The van der Waals surface area contributed by atoms with Gasteiger partial charge in [0.25, 0.3) is 5.91 Å². The van der Waals surface area contributed by atoms with E-state index in [-0.39, 0.29) is 12.5 Å². The zero-order valence-electron chi connectivity index (χ0n) is 15.3. The number of carbonyl (C=O) groups excluding carboxylic acids is 1. The minimum atomic E-state index is -0.397. The lowest BCUT2D eigenvalue weighted by atomic mass is 10.1. The summed E-state index contributed by atoms with van der Waals surface area (Å²) in [4.78, 5) is 23.7. The number of methoxy groups -OCH3 is 1. The third-order valence-electron chi connectivity index (χ3n) is 4.22. The van der Waals surface area contributed by atoms with E-state index in [9.17, 15) is 9.59 Å². The molecule has 1 amide bonds. The van der Waals surface area contributed by atoms with Crippen molar-refractivity contribution in [2.24, 2.45) is 0 Å². The highest BCUT2D eigenvalue weighted by atomic mass is 16.5. The van der Waals surface area contributed by atoms with E-state index in [4.69, 9.17) is 13.9 Å². The molecule has 6 heteroatoms. The van der Waals surface area contributed by atoms with Crippen molar-refractivity contribution in [2.75, 3.05) is 13.7 Å². The van der Waals surface area contributed by atoms with Crippen molar-refractivity contribution in [3.05, 3.63) is 70.1 Å². The van der Waals surface area contributed by atoms with E-state index < -0.39 is 5.63 Å². The normalized spacial score (nSPS) is 10.6. The number of rotatable bonds is 7. The van der Waals surface area contributed by atoms with Crippen LogP contribution in [0.2, 0.25) is 0 Å². The topological polar surface area (TPSA) is 77.8 Å². The molecule has 0 aliphatic carbocycles. The molecular formula is C21H21NO5. The SMILES string of the molecule is CCc1cc(=O)oc2cc(OCC(=O)NCc3ccccc3OC)ccc12. The first-order chi connectivity index (χ1) is 13.1. The molecule has 0 bridgehead atoms. The maximum Gasteiger partial charge on any atom is 0.336 e. The van der Waals surface area contributed by atoms with Gasteiger partial charge in [0, 0.05) is 29.6 Å². The molecule has 0 saturated carbocycles. The maximum absolute atomic E-state index is 12.1.